The van der Waals surface area contributed by atoms with Gasteiger partial charge in [-0.3, -0.25) is 0 Å². The van der Waals surface area contributed by atoms with Crippen LogP contribution in [-0.4, -0.2) is 6.71 Å². The van der Waals surface area contributed by atoms with Crippen molar-refractivity contribution >= 4 is 57.2 Å². The van der Waals surface area contributed by atoms with Gasteiger partial charge in [-0.05, 0) is 180 Å². The highest BCUT2D eigenvalue weighted by atomic mass is 15.2. The monoisotopic (exact) mass is 1040 g/mol. The van der Waals surface area contributed by atoms with Gasteiger partial charge < -0.3 is 9.80 Å². The zero-order valence-corrected chi connectivity index (χ0v) is 49.8. The lowest BCUT2D eigenvalue weighted by Gasteiger charge is -2.48. The van der Waals surface area contributed by atoms with E-state index >= 15 is 0 Å². The standard InChI is InChI=1S/C77H79BN2/c1-50-42-68-70-69(43-50)80(71-58(51-26-18-14-19-27-51)44-56(45-59(71)52-28-20-15-21-29-52)77(12,13)54-32-24-17-25-33-54)66-46-55(76(10,11)53-30-22-16-23-31-53)34-37-64(66)78(70)65-48-62-63(75(8,9)41-40-74(62,6)7)49-67(65)79(68)57-35-36-60-61(47-57)73(4,5)39-38-72(60,2)3/h14-37,42-49H,38-41H2,1-13H3. The molecule has 2 aliphatic carbocycles. The molecule has 2 heterocycles. The van der Waals surface area contributed by atoms with E-state index in [0.717, 1.165) is 19.3 Å². The molecule has 13 rings (SSSR count). The van der Waals surface area contributed by atoms with Crippen LogP contribution in [0.3, 0.4) is 0 Å². The molecule has 0 saturated heterocycles. The van der Waals surface area contributed by atoms with Crippen LogP contribution in [0.1, 0.15) is 159 Å². The van der Waals surface area contributed by atoms with Crippen LogP contribution in [-0.2, 0) is 32.5 Å². The smallest absolute Gasteiger partial charge is 0.252 e. The zero-order valence-electron chi connectivity index (χ0n) is 49.8. The first kappa shape index (κ1) is 52.0. The van der Waals surface area contributed by atoms with Crippen molar-refractivity contribution in [2.75, 3.05) is 9.80 Å². The van der Waals surface area contributed by atoms with Crippen molar-refractivity contribution in [3.8, 4) is 22.3 Å². The van der Waals surface area contributed by atoms with E-state index < -0.39 is 0 Å². The number of nitrogens with zero attached hydrogens (tertiary/aromatic N) is 2. The fraction of sp³-hybridized carbons (Fsp3) is 0.299. The fourth-order valence-corrected chi connectivity index (χ4v) is 14.8. The number of hydrogen-bond acceptors (Lipinski definition) is 2. The first-order chi connectivity index (χ1) is 38.1. The molecule has 0 bridgehead atoms. The Morgan fingerprint density at radius 1 is 0.362 bits per heavy atom. The molecule has 3 heteroatoms. The predicted molar refractivity (Wildman–Crippen MR) is 344 cm³/mol. The van der Waals surface area contributed by atoms with Crippen LogP contribution in [0.5, 0.6) is 0 Å². The van der Waals surface area contributed by atoms with Gasteiger partial charge >= 0.3 is 0 Å². The largest absolute Gasteiger partial charge is 0.311 e. The minimum Gasteiger partial charge on any atom is -0.311 e. The maximum Gasteiger partial charge on any atom is 0.252 e. The number of fused-ring (bicyclic) bond motifs is 6. The number of hydrogen-bond donors (Lipinski definition) is 0. The van der Waals surface area contributed by atoms with Crippen molar-refractivity contribution in [3.05, 3.63) is 244 Å². The molecule has 400 valence electrons. The summed E-state index contributed by atoms with van der Waals surface area (Å²) in [6.07, 6.45) is 4.66. The highest BCUT2D eigenvalue weighted by Gasteiger charge is 2.48. The summed E-state index contributed by atoms with van der Waals surface area (Å²) in [4.78, 5) is 5.45. The van der Waals surface area contributed by atoms with E-state index in [1.54, 1.807) is 0 Å². The van der Waals surface area contributed by atoms with Gasteiger partial charge in [-0.25, -0.2) is 0 Å². The molecule has 0 amide bonds. The van der Waals surface area contributed by atoms with Gasteiger partial charge in [0, 0.05) is 50.4 Å². The predicted octanol–water partition coefficient (Wildman–Crippen LogP) is 18.8. The van der Waals surface area contributed by atoms with Crippen LogP contribution >= 0.6 is 0 Å². The average molecular weight is 1040 g/mol. The maximum atomic E-state index is 2.74. The van der Waals surface area contributed by atoms with E-state index in [9.17, 15) is 0 Å². The van der Waals surface area contributed by atoms with Crippen LogP contribution in [0.25, 0.3) is 22.3 Å². The first-order valence-corrected chi connectivity index (χ1v) is 29.7. The Bertz CT molecular complexity index is 3840. The Balaban J connectivity index is 1.18. The van der Waals surface area contributed by atoms with Gasteiger partial charge in [0.25, 0.3) is 6.71 Å². The molecular weight excluding hydrogens is 964 g/mol. The van der Waals surface area contributed by atoms with E-state index in [-0.39, 0.29) is 39.2 Å². The van der Waals surface area contributed by atoms with Gasteiger partial charge in [-0.1, -0.05) is 229 Å². The van der Waals surface area contributed by atoms with Crippen LogP contribution in [0.2, 0.25) is 0 Å². The Hall–Kier alpha value is -7.36. The third kappa shape index (κ3) is 8.18. The number of aryl methyl sites for hydroxylation is 1. The summed E-state index contributed by atoms with van der Waals surface area (Å²) in [5.41, 5.74) is 28.3. The molecule has 0 unspecified atom stereocenters. The maximum absolute atomic E-state index is 2.74. The van der Waals surface area contributed by atoms with E-state index in [0.29, 0.717) is 0 Å². The summed E-state index contributed by atoms with van der Waals surface area (Å²) in [6.45, 7) is 31.7. The lowest BCUT2D eigenvalue weighted by atomic mass is 9.33. The lowest BCUT2D eigenvalue weighted by molar-refractivity contribution is 0.332. The molecule has 0 saturated carbocycles. The van der Waals surface area contributed by atoms with Crippen molar-refractivity contribution in [2.24, 2.45) is 0 Å². The topological polar surface area (TPSA) is 6.48 Å². The average Bonchev–Trinajstić information content (AvgIpc) is 3.54. The highest BCUT2D eigenvalue weighted by Crippen LogP contribution is 2.55. The van der Waals surface area contributed by atoms with Crippen LogP contribution < -0.4 is 26.2 Å². The van der Waals surface area contributed by atoms with E-state index in [1.807, 2.05) is 0 Å². The van der Waals surface area contributed by atoms with Crippen LogP contribution in [0.15, 0.2) is 194 Å². The molecule has 9 aromatic rings. The molecular formula is C77H79BN2. The Labute approximate surface area is 479 Å². The Morgan fingerprint density at radius 2 is 0.800 bits per heavy atom. The van der Waals surface area contributed by atoms with Crippen molar-refractivity contribution in [1.29, 1.82) is 0 Å². The molecule has 2 aliphatic heterocycles. The summed E-state index contributed by atoms with van der Waals surface area (Å²) in [5.74, 6) is 0. The van der Waals surface area contributed by atoms with Gasteiger partial charge in [-0.15, -0.1) is 0 Å². The lowest BCUT2D eigenvalue weighted by Crippen LogP contribution is -2.62. The third-order valence-corrected chi connectivity index (χ3v) is 20.2. The summed E-state index contributed by atoms with van der Waals surface area (Å²) < 4.78 is 0. The molecule has 80 heavy (non-hydrogen) atoms. The van der Waals surface area contributed by atoms with Gasteiger partial charge in [0.2, 0.25) is 0 Å². The van der Waals surface area contributed by atoms with Gasteiger partial charge in [0.05, 0.1) is 5.69 Å². The summed E-state index contributed by atoms with van der Waals surface area (Å²) in [7, 11) is 0. The van der Waals surface area contributed by atoms with Crippen molar-refractivity contribution in [3.63, 3.8) is 0 Å². The van der Waals surface area contributed by atoms with E-state index in [4.69, 9.17) is 0 Å². The number of benzene rings is 9. The molecule has 4 aliphatic rings. The van der Waals surface area contributed by atoms with Crippen molar-refractivity contribution in [1.82, 2.24) is 0 Å². The Morgan fingerprint density at radius 3 is 1.32 bits per heavy atom. The van der Waals surface area contributed by atoms with Gasteiger partial charge in [0.1, 0.15) is 0 Å². The van der Waals surface area contributed by atoms with Crippen LogP contribution in [0, 0.1) is 6.92 Å². The minimum atomic E-state index is -0.308. The van der Waals surface area contributed by atoms with Gasteiger partial charge in [0.15, 0.2) is 0 Å². The second kappa shape index (κ2) is 18.3. The second-order valence-electron chi connectivity index (χ2n) is 28.0. The highest BCUT2D eigenvalue weighted by molar-refractivity contribution is 7.00. The number of anilines is 6. The summed E-state index contributed by atoms with van der Waals surface area (Å²) >= 11 is 0. The summed E-state index contributed by atoms with van der Waals surface area (Å²) in [5, 5.41) is 0. The van der Waals surface area contributed by atoms with E-state index in [1.165, 1.54) is 129 Å². The van der Waals surface area contributed by atoms with Crippen LogP contribution in [0.4, 0.5) is 34.1 Å². The summed E-state index contributed by atoms with van der Waals surface area (Å²) in [6, 6.07) is 75.3. The van der Waals surface area contributed by atoms with Crippen molar-refractivity contribution in [2.45, 2.75) is 148 Å². The molecule has 9 aromatic carbocycles. The Kier molecular flexibility index (Phi) is 11.9. The quantitative estimate of drug-likeness (QED) is 0.140. The fourth-order valence-electron chi connectivity index (χ4n) is 14.8. The zero-order chi connectivity index (χ0) is 55.9. The molecule has 0 fully saturated rings. The normalized spacial score (nSPS) is 17.2. The first-order valence-electron chi connectivity index (χ1n) is 29.7. The SMILES string of the molecule is Cc1cc2c3c(c1)N(c1c(-c4ccccc4)cc(C(C)(C)c4ccccc4)cc1-c1ccccc1)c1cc(C(C)(C)c4ccccc4)ccc1B3c1cc3c(cc1N2c1ccc2c(c1)C(C)(C)CCC2(C)C)C(C)(C)CCC3(C)C. The molecule has 2 nitrogen and oxygen atoms in total. The number of rotatable bonds is 8. The van der Waals surface area contributed by atoms with E-state index in [2.05, 4.69) is 294 Å². The van der Waals surface area contributed by atoms with Crippen molar-refractivity contribution < 1.29 is 0 Å². The third-order valence-electron chi connectivity index (χ3n) is 20.2. The molecule has 0 atom stereocenters. The molecule has 0 N–H and O–H groups in total. The molecule has 0 radical (unpaired) electrons. The second-order valence-corrected chi connectivity index (χ2v) is 28.0. The molecule has 0 aromatic heterocycles. The molecule has 0 spiro atoms. The van der Waals surface area contributed by atoms with Gasteiger partial charge in [-0.2, -0.15) is 0 Å². The minimum absolute atomic E-state index is 0.0140.